The quantitative estimate of drug-likeness (QED) is 0.596. The number of phenolic OH excluding ortho intramolecular Hbond substituents is 2. The Kier molecular flexibility index (Phi) is 6.08. The summed E-state index contributed by atoms with van der Waals surface area (Å²) in [4.78, 5) is 0. The molecule has 0 saturated carbocycles. The Balaban J connectivity index is 1.85. The van der Waals surface area contributed by atoms with Crippen LogP contribution in [-0.4, -0.2) is 29.5 Å². The first-order chi connectivity index (χ1) is 11.5. The van der Waals surface area contributed by atoms with E-state index >= 15 is 0 Å². The molecule has 2 rings (SSSR count). The highest BCUT2D eigenvalue weighted by Crippen LogP contribution is 2.27. The van der Waals surface area contributed by atoms with Crippen LogP contribution in [0.3, 0.4) is 0 Å². The molecule has 0 unspecified atom stereocenters. The zero-order chi connectivity index (χ0) is 17.5. The van der Waals surface area contributed by atoms with Crippen molar-refractivity contribution in [2.75, 3.05) is 14.2 Å². The first-order valence-electron chi connectivity index (χ1n) is 7.27. The standard InChI is InChI=1S/C17H20N2O4S/c1-22-15-7-11(3-5-13(15)20)9-18-17(24)19-10-12-4-6-14(21)16(8-12)23-2/h3-8,20-21H,9-10H2,1-2H3,(H2,18,19,24). The van der Waals surface area contributed by atoms with Gasteiger partial charge >= 0.3 is 0 Å². The fraction of sp³-hybridized carbons (Fsp3) is 0.235. The third-order valence-corrected chi connectivity index (χ3v) is 3.68. The van der Waals surface area contributed by atoms with Gasteiger partial charge in [-0.2, -0.15) is 0 Å². The maximum atomic E-state index is 9.57. The molecule has 7 heteroatoms. The van der Waals surface area contributed by atoms with E-state index in [1.165, 1.54) is 14.2 Å². The van der Waals surface area contributed by atoms with E-state index in [4.69, 9.17) is 21.7 Å². The Bertz CT molecular complexity index is 662. The summed E-state index contributed by atoms with van der Waals surface area (Å²) in [6, 6.07) is 10.2. The number of methoxy groups -OCH3 is 2. The number of ether oxygens (including phenoxy) is 2. The van der Waals surface area contributed by atoms with Crippen LogP contribution >= 0.6 is 12.2 Å². The molecule has 0 aromatic heterocycles. The highest BCUT2D eigenvalue weighted by molar-refractivity contribution is 7.80. The van der Waals surface area contributed by atoms with Crippen LogP contribution in [0.5, 0.6) is 23.0 Å². The number of benzene rings is 2. The van der Waals surface area contributed by atoms with E-state index in [-0.39, 0.29) is 11.5 Å². The normalized spacial score (nSPS) is 10.1. The van der Waals surface area contributed by atoms with Gasteiger partial charge in [0.15, 0.2) is 28.1 Å². The van der Waals surface area contributed by atoms with Crippen molar-refractivity contribution in [3.63, 3.8) is 0 Å². The van der Waals surface area contributed by atoms with Gasteiger partial charge in [0.25, 0.3) is 0 Å². The van der Waals surface area contributed by atoms with Crippen LogP contribution in [0.2, 0.25) is 0 Å². The molecular formula is C17H20N2O4S. The van der Waals surface area contributed by atoms with Crippen LogP contribution < -0.4 is 20.1 Å². The van der Waals surface area contributed by atoms with E-state index in [2.05, 4.69) is 10.6 Å². The highest BCUT2D eigenvalue weighted by Gasteiger charge is 2.05. The first-order valence-corrected chi connectivity index (χ1v) is 7.67. The number of hydrogen-bond donors (Lipinski definition) is 4. The Labute approximate surface area is 146 Å². The van der Waals surface area contributed by atoms with Crippen LogP contribution in [0.15, 0.2) is 36.4 Å². The monoisotopic (exact) mass is 348 g/mol. The van der Waals surface area contributed by atoms with Crippen molar-refractivity contribution in [1.82, 2.24) is 10.6 Å². The van der Waals surface area contributed by atoms with Gasteiger partial charge in [-0.25, -0.2) is 0 Å². The van der Waals surface area contributed by atoms with E-state index in [1.54, 1.807) is 36.4 Å². The van der Waals surface area contributed by atoms with Gasteiger partial charge in [0, 0.05) is 13.1 Å². The molecule has 4 N–H and O–H groups in total. The second-order valence-electron chi connectivity index (χ2n) is 5.05. The van der Waals surface area contributed by atoms with Crippen LogP contribution in [-0.2, 0) is 13.1 Å². The van der Waals surface area contributed by atoms with Crippen molar-refractivity contribution in [2.24, 2.45) is 0 Å². The maximum Gasteiger partial charge on any atom is 0.166 e. The molecule has 0 aliphatic rings. The van der Waals surface area contributed by atoms with Gasteiger partial charge in [-0.05, 0) is 47.6 Å². The molecule has 0 aliphatic heterocycles. The number of nitrogens with one attached hydrogen (secondary N) is 2. The SMILES string of the molecule is COc1cc(CNC(=S)NCc2ccc(O)c(OC)c2)ccc1O. The van der Waals surface area contributed by atoms with Crippen molar-refractivity contribution in [3.05, 3.63) is 47.5 Å². The lowest BCUT2D eigenvalue weighted by Gasteiger charge is -2.12. The smallest absolute Gasteiger partial charge is 0.166 e. The van der Waals surface area contributed by atoms with Gasteiger partial charge in [0.05, 0.1) is 14.2 Å². The molecule has 0 fully saturated rings. The molecule has 0 amide bonds. The minimum atomic E-state index is 0.100. The molecule has 24 heavy (non-hydrogen) atoms. The predicted molar refractivity (Wildman–Crippen MR) is 95.6 cm³/mol. The fourth-order valence-electron chi connectivity index (χ4n) is 2.09. The minimum absolute atomic E-state index is 0.100. The molecule has 0 bridgehead atoms. The molecule has 0 heterocycles. The highest BCUT2D eigenvalue weighted by atomic mass is 32.1. The molecule has 0 atom stereocenters. The summed E-state index contributed by atoms with van der Waals surface area (Å²) in [6.07, 6.45) is 0. The lowest BCUT2D eigenvalue weighted by Crippen LogP contribution is -2.34. The molecule has 0 aliphatic carbocycles. The summed E-state index contributed by atoms with van der Waals surface area (Å²) in [5.74, 6) is 1.04. The second-order valence-corrected chi connectivity index (χ2v) is 5.46. The average Bonchev–Trinajstić information content (AvgIpc) is 2.60. The lowest BCUT2D eigenvalue weighted by atomic mass is 10.2. The molecule has 0 saturated heterocycles. The Hall–Kier alpha value is -2.67. The van der Waals surface area contributed by atoms with Gasteiger partial charge in [0.1, 0.15) is 0 Å². The van der Waals surface area contributed by atoms with Crippen molar-refractivity contribution in [2.45, 2.75) is 13.1 Å². The first kappa shape index (κ1) is 17.7. The van der Waals surface area contributed by atoms with Gasteiger partial charge in [-0.15, -0.1) is 0 Å². The summed E-state index contributed by atoms with van der Waals surface area (Å²) in [7, 11) is 3.01. The molecule has 6 nitrogen and oxygen atoms in total. The summed E-state index contributed by atoms with van der Waals surface area (Å²) in [5, 5.41) is 25.8. The van der Waals surface area contributed by atoms with E-state index < -0.39 is 0 Å². The molecule has 128 valence electrons. The molecular weight excluding hydrogens is 328 g/mol. The van der Waals surface area contributed by atoms with Crippen LogP contribution in [0, 0.1) is 0 Å². The fourth-order valence-corrected chi connectivity index (χ4v) is 2.24. The zero-order valence-electron chi connectivity index (χ0n) is 13.5. The number of aromatic hydroxyl groups is 2. The second kappa shape index (κ2) is 8.26. The lowest BCUT2D eigenvalue weighted by molar-refractivity contribution is 0.373. The van der Waals surface area contributed by atoms with Crippen molar-refractivity contribution >= 4 is 17.3 Å². The summed E-state index contributed by atoms with van der Waals surface area (Å²) < 4.78 is 10.1. The van der Waals surface area contributed by atoms with E-state index in [0.29, 0.717) is 29.7 Å². The van der Waals surface area contributed by atoms with Gasteiger partial charge < -0.3 is 30.3 Å². The zero-order valence-corrected chi connectivity index (χ0v) is 14.3. The molecule has 0 radical (unpaired) electrons. The van der Waals surface area contributed by atoms with E-state index in [9.17, 15) is 10.2 Å². The Morgan fingerprint density at radius 1 is 0.875 bits per heavy atom. The van der Waals surface area contributed by atoms with E-state index in [1.807, 2.05) is 0 Å². The number of phenols is 2. The van der Waals surface area contributed by atoms with Crippen LogP contribution in [0.4, 0.5) is 0 Å². The van der Waals surface area contributed by atoms with E-state index in [0.717, 1.165) is 11.1 Å². The summed E-state index contributed by atoms with van der Waals surface area (Å²) in [6.45, 7) is 1.00. The maximum absolute atomic E-state index is 9.57. The third kappa shape index (κ3) is 4.66. The molecule has 2 aromatic carbocycles. The largest absolute Gasteiger partial charge is 0.504 e. The molecule has 0 spiro atoms. The predicted octanol–water partition coefficient (Wildman–Crippen LogP) is 2.28. The molecule has 2 aromatic rings. The number of thiocarbonyl (C=S) groups is 1. The summed E-state index contributed by atoms with van der Waals surface area (Å²) >= 11 is 5.24. The number of rotatable bonds is 6. The van der Waals surface area contributed by atoms with Gasteiger partial charge in [-0.3, -0.25) is 0 Å². The average molecular weight is 348 g/mol. The van der Waals surface area contributed by atoms with Crippen LogP contribution in [0.25, 0.3) is 0 Å². The van der Waals surface area contributed by atoms with Crippen molar-refractivity contribution < 1.29 is 19.7 Å². The summed E-state index contributed by atoms with van der Waals surface area (Å²) in [5.41, 5.74) is 1.86. The Morgan fingerprint density at radius 2 is 1.29 bits per heavy atom. The minimum Gasteiger partial charge on any atom is -0.504 e. The van der Waals surface area contributed by atoms with Crippen molar-refractivity contribution in [1.29, 1.82) is 0 Å². The van der Waals surface area contributed by atoms with Crippen molar-refractivity contribution in [3.8, 4) is 23.0 Å². The third-order valence-electron chi connectivity index (χ3n) is 3.39. The van der Waals surface area contributed by atoms with Gasteiger partial charge in [-0.1, -0.05) is 12.1 Å². The number of hydrogen-bond acceptors (Lipinski definition) is 5. The topological polar surface area (TPSA) is 83.0 Å². The Morgan fingerprint density at radius 3 is 1.67 bits per heavy atom. The van der Waals surface area contributed by atoms with Gasteiger partial charge in [0.2, 0.25) is 0 Å². The van der Waals surface area contributed by atoms with Crippen LogP contribution in [0.1, 0.15) is 11.1 Å².